The number of oxazole rings is 1. The van der Waals surface area contributed by atoms with E-state index in [1.165, 1.54) is 0 Å². The maximum atomic E-state index is 14.0. The summed E-state index contributed by atoms with van der Waals surface area (Å²) in [5.74, 6) is 0.598. The summed E-state index contributed by atoms with van der Waals surface area (Å²) >= 11 is 0. The summed E-state index contributed by atoms with van der Waals surface area (Å²) in [7, 11) is -2.70. The van der Waals surface area contributed by atoms with E-state index >= 15 is 0 Å². The highest BCUT2D eigenvalue weighted by Crippen LogP contribution is 2.45. The summed E-state index contributed by atoms with van der Waals surface area (Å²) in [5.41, 5.74) is 5.13. The summed E-state index contributed by atoms with van der Waals surface area (Å²) in [4.78, 5) is 18.4. The van der Waals surface area contributed by atoms with Crippen molar-refractivity contribution in [2.24, 2.45) is 17.8 Å². The van der Waals surface area contributed by atoms with Crippen LogP contribution in [0.25, 0.3) is 6.08 Å². The molecule has 0 N–H and O–H groups in total. The molecular weight excluding hydrogens is 783 g/mol. The lowest BCUT2D eigenvalue weighted by Gasteiger charge is -2.45. The van der Waals surface area contributed by atoms with Gasteiger partial charge in [0.1, 0.15) is 24.4 Å². The number of esters is 1. The first-order valence-electron chi connectivity index (χ1n) is 22.6. The Morgan fingerprint density at radius 1 is 0.967 bits per heavy atom. The van der Waals surface area contributed by atoms with Crippen LogP contribution in [0.4, 0.5) is 0 Å². The number of aryl methyl sites for hydroxylation is 1. The van der Waals surface area contributed by atoms with E-state index < -0.39 is 22.7 Å². The van der Waals surface area contributed by atoms with Crippen molar-refractivity contribution in [3.05, 3.63) is 83.2 Å². The van der Waals surface area contributed by atoms with E-state index in [0.29, 0.717) is 34.9 Å². The molecule has 0 aliphatic carbocycles. The lowest BCUT2D eigenvalue weighted by atomic mass is 9.86. The van der Waals surface area contributed by atoms with Gasteiger partial charge in [-0.3, -0.25) is 0 Å². The van der Waals surface area contributed by atoms with Crippen LogP contribution in [0.3, 0.4) is 0 Å². The zero-order valence-corrected chi connectivity index (χ0v) is 42.8. The molecule has 0 saturated carbocycles. The van der Waals surface area contributed by atoms with Crippen molar-refractivity contribution in [3.8, 4) is 0 Å². The predicted octanol–water partition coefficient (Wildman–Crippen LogP) is 13.6. The summed E-state index contributed by atoms with van der Waals surface area (Å²) in [6.07, 6.45) is 21.7. The number of aromatic nitrogens is 1. The minimum atomic E-state index is -2.36. The number of fused-ring (bicyclic) bond motifs is 2. The Morgan fingerprint density at radius 2 is 1.62 bits per heavy atom. The molecule has 1 saturated heterocycles. The van der Waals surface area contributed by atoms with Gasteiger partial charge >= 0.3 is 5.97 Å². The van der Waals surface area contributed by atoms with Gasteiger partial charge in [-0.1, -0.05) is 119 Å². The number of nitrogens with zero attached hydrogens (tertiary/aromatic N) is 1. The first kappa shape index (κ1) is 51.7. The third-order valence-corrected chi connectivity index (χ3v) is 24.1. The van der Waals surface area contributed by atoms with E-state index in [-0.39, 0.29) is 47.4 Å². The fourth-order valence-electron chi connectivity index (χ4n) is 9.02. The highest BCUT2D eigenvalue weighted by Gasteiger charge is 2.48. The Labute approximate surface area is 367 Å². The number of hydrogen-bond donors (Lipinski definition) is 0. The highest BCUT2D eigenvalue weighted by atomic mass is 28.4. The fourth-order valence-corrected chi connectivity index (χ4v) is 15.8. The van der Waals surface area contributed by atoms with Gasteiger partial charge in [-0.15, -0.1) is 0 Å². The quantitative estimate of drug-likeness (QED) is 0.104. The van der Waals surface area contributed by atoms with Crippen molar-refractivity contribution < 1.29 is 32.3 Å². The first-order chi connectivity index (χ1) is 27.9. The molecule has 60 heavy (non-hydrogen) atoms. The maximum Gasteiger partial charge on any atom is 0.330 e. The van der Waals surface area contributed by atoms with Crippen molar-refractivity contribution in [2.45, 2.75) is 195 Å². The molecule has 8 atom stereocenters. The van der Waals surface area contributed by atoms with Gasteiger partial charge in [0.15, 0.2) is 14.2 Å². The van der Waals surface area contributed by atoms with E-state index in [1.807, 2.05) is 38.2 Å². The Morgan fingerprint density at radius 3 is 2.18 bits per heavy atom. The predicted molar refractivity (Wildman–Crippen MR) is 254 cm³/mol. The third-order valence-electron chi connectivity index (χ3n) is 13.5. The van der Waals surface area contributed by atoms with Crippen LogP contribution in [0.5, 0.6) is 0 Å². The zero-order valence-electron chi connectivity index (χ0n) is 40.8. The lowest BCUT2D eigenvalue weighted by Crippen LogP contribution is -2.51. The molecular formula is C50H83NO7Si2. The van der Waals surface area contributed by atoms with Crippen LogP contribution in [-0.2, 0) is 27.9 Å². The second-order valence-corrected chi connectivity index (χ2v) is 30.4. The Kier molecular flexibility index (Phi) is 19.5. The number of carbonyl (C=O) groups excluding carboxylic acids is 1. The smallest absolute Gasteiger partial charge is 0.330 e. The number of rotatable bonds is 14. The van der Waals surface area contributed by atoms with Crippen LogP contribution in [0.15, 0.2) is 76.0 Å². The molecule has 1 fully saturated rings. The summed E-state index contributed by atoms with van der Waals surface area (Å²) < 4.78 is 39.4. The van der Waals surface area contributed by atoms with Crippen LogP contribution in [0.1, 0.15) is 134 Å². The van der Waals surface area contributed by atoms with Gasteiger partial charge in [0, 0.05) is 44.8 Å². The Balaban J connectivity index is 2.08. The van der Waals surface area contributed by atoms with E-state index in [1.54, 1.807) is 19.4 Å². The van der Waals surface area contributed by atoms with Crippen LogP contribution in [-0.4, -0.2) is 65.4 Å². The third kappa shape index (κ3) is 14.2. The molecule has 1 aromatic heterocycles. The number of ether oxygens (including phenoxy) is 3. The standard InChI is InChI=1S/C50H83NO7Si2/c1-33(2)60(34(3)4,35(5)6)57-45-31-46(40(11)49(53-16)39(10)25-19-22-36(7)28-43-32-54-41(12)51-43)55-47(52)27-21-26-42-29-44(37(8)23-20-24-38(45)9)56-48(30-42)58-59(17,18)50(13,14)15/h19-25,27-28,32-35,37,40,42,44-46,48-49H,26,29-31H2,1-18H3/b22-19+,23-20+,27-21+,36-28+,38-24+,39-25+/t37-,40+,42-,44-,45+,46+,48-,49+/m1/s1. The molecule has 0 spiro atoms. The molecule has 0 aromatic carbocycles. The topological polar surface area (TPSA) is 89.3 Å². The number of carbonyl (C=O) groups is 1. The van der Waals surface area contributed by atoms with Gasteiger partial charge in [0.2, 0.25) is 8.32 Å². The number of methoxy groups -OCH3 is 1. The average molecular weight is 866 g/mol. The molecule has 2 bridgehead atoms. The monoisotopic (exact) mass is 866 g/mol. The summed E-state index contributed by atoms with van der Waals surface area (Å²) in [6, 6.07) is 0. The second-order valence-electron chi connectivity index (χ2n) is 20.2. The van der Waals surface area contributed by atoms with Crippen LogP contribution in [0, 0.1) is 24.7 Å². The molecule has 10 heteroatoms. The largest absolute Gasteiger partial charge is 0.459 e. The van der Waals surface area contributed by atoms with Crippen LogP contribution >= 0.6 is 0 Å². The van der Waals surface area contributed by atoms with Crippen molar-refractivity contribution >= 4 is 28.7 Å². The molecule has 3 heterocycles. The fraction of sp³-hybridized carbons (Fsp3) is 0.680. The molecule has 0 radical (unpaired) electrons. The number of allylic oxidation sites excluding steroid dienone is 7. The van der Waals surface area contributed by atoms with Crippen molar-refractivity contribution in [2.75, 3.05) is 7.11 Å². The van der Waals surface area contributed by atoms with Crippen molar-refractivity contribution in [1.82, 2.24) is 4.98 Å². The molecule has 0 unspecified atom stereocenters. The maximum absolute atomic E-state index is 14.0. The van der Waals surface area contributed by atoms with Crippen LogP contribution < -0.4 is 0 Å². The van der Waals surface area contributed by atoms with Gasteiger partial charge in [-0.25, -0.2) is 9.78 Å². The first-order valence-corrected chi connectivity index (χ1v) is 27.7. The van der Waals surface area contributed by atoms with Gasteiger partial charge in [0.05, 0.1) is 18.3 Å². The van der Waals surface area contributed by atoms with Crippen LogP contribution in [0.2, 0.25) is 34.8 Å². The number of hydrogen-bond acceptors (Lipinski definition) is 8. The van der Waals surface area contributed by atoms with Gasteiger partial charge in [-0.05, 0) is 97.1 Å². The molecule has 3 rings (SSSR count). The average Bonchev–Trinajstić information content (AvgIpc) is 3.54. The molecule has 0 amide bonds. The minimum absolute atomic E-state index is 0.00617. The highest BCUT2D eigenvalue weighted by molar-refractivity contribution is 6.77. The molecule has 2 aliphatic rings. The van der Waals surface area contributed by atoms with Gasteiger partial charge < -0.3 is 27.5 Å². The van der Waals surface area contributed by atoms with E-state index in [4.69, 9.17) is 27.5 Å². The van der Waals surface area contributed by atoms with E-state index in [2.05, 4.69) is 132 Å². The number of cyclic esters (lactones) is 1. The van der Waals surface area contributed by atoms with Crippen molar-refractivity contribution in [1.29, 1.82) is 0 Å². The molecule has 1 aromatic rings. The lowest BCUT2D eigenvalue weighted by molar-refractivity contribution is -0.176. The summed E-state index contributed by atoms with van der Waals surface area (Å²) in [5, 5.41) is 0.0684. The Hall–Kier alpha value is -2.61. The minimum Gasteiger partial charge on any atom is -0.459 e. The summed E-state index contributed by atoms with van der Waals surface area (Å²) in [6.45, 7) is 37.8. The van der Waals surface area contributed by atoms with Gasteiger partial charge in [-0.2, -0.15) is 0 Å². The van der Waals surface area contributed by atoms with Gasteiger partial charge in [0.25, 0.3) is 0 Å². The molecule has 8 nitrogen and oxygen atoms in total. The second kappa shape index (κ2) is 22.7. The normalized spacial score (nSPS) is 27.9. The van der Waals surface area contributed by atoms with Crippen molar-refractivity contribution in [3.63, 3.8) is 0 Å². The van der Waals surface area contributed by atoms with E-state index in [0.717, 1.165) is 41.7 Å². The zero-order chi connectivity index (χ0) is 45.2. The van der Waals surface area contributed by atoms with E-state index in [9.17, 15) is 4.79 Å². The molecule has 338 valence electrons. The Bertz CT molecular complexity index is 1690. The molecule has 2 aliphatic heterocycles. The SMILES string of the molecule is CO[C@@H](/C(C)=C/C=C/C(C)=C/c1coc(C)n1)[C@@H](C)[C@@H]1C[C@H](O[Si](C(C)C)(C(C)C)C(C)C)/C(C)=C/C=C/[C@@H](C)[C@H]2C[C@@H](C/C=C/C(=O)O1)C[C@@H](O[Si](C)(C)C(C)(C)C)O2.